The van der Waals surface area contributed by atoms with Gasteiger partial charge in [-0.1, -0.05) is 38.5 Å². The van der Waals surface area contributed by atoms with Crippen LogP contribution in [0.5, 0.6) is 0 Å². The summed E-state index contributed by atoms with van der Waals surface area (Å²) in [6.07, 6.45) is 9.52. The maximum absolute atomic E-state index is 10.6. The Bertz CT molecular complexity index is 213. The van der Waals surface area contributed by atoms with Crippen molar-refractivity contribution in [3.05, 3.63) is 0 Å². The van der Waals surface area contributed by atoms with Gasteiger partial charge in [0.1, 0.15) is 0 Å². The fourth-order valence-corrected chi connectivity index (χ4v) is 2.14. The molecule has 0 aliphatic heterocycles. The van der Waals surface area contributed by atoms with Gasteiger partial charge in [0.25, 0.3) is 0 Å². The number of carboxylic acids is 1. The second-order valence-corrected chi connectivity index (χ2v) is 5.01. The summed E-state index contributed by atoms with van der Waals surface area (Å²) in [6.45, 7) is 2.06. The van der Waals surface area contributed by atoms with Crippen LogP contribution in [-0.4, -0.2) is 53.9 Å². The molecule has 0 aromatic carbocycles. The lowest BCUT2D eigenvalue weighted by atomic mass is 10.1. The van der Waals surface area contributed by atoms with Crippen LogP contribution in [0.1, 0.15) is 51.4 Å². The molecule has 0 unspecified atom stereocenters. The van der Waals surface area contributed by atoms with Gasteiger partial charge in [0.2, 0.25) is 0 Å². The first kappa shape index (κ1) is 18.4. The first-order valence-electron chi connectivity index (χ1n) is 7.45. The van der Waals surface area contributed by atoms with E-state index in [2.05, 4.69) is 0 Å². The molecular formula is C14H30N2O3. The van der Waals surface area contributed by atoms with E-state index in [4.69, 9.17) is 15.9 Å². The molecule has 5 heteroatoms. The fourth-order valence-electron chi connectivity index (χ4n) is 2.14. The summed E-state index contributed by atoms with van der Waals surface area (Å²) in [5, 5.41) is 17.6. The molecule has 0 radical (unpaired) electrons. The molecule has 0 saturated heterocycles. The minimum absolute atomic E-state index is 0.0222. The minimum Gasteiger partial charge on any atom is -0.480 e. The highest BCUT2D eigenvalue weighted by molar-refractivity contribution is 5.69. The second-order valence-electron chi connectivity index (χ2n) is 5.01. The van der Waals surface area contributed by atoms with Gasteiger partial charge in [0, 0.05) is 6.54 Å². The molecule has 0 amide bonds. The number of rotatable bonds is 14. The van der Waals surface area contributed by atoms with E-state index in [-0.39, 0.29) is 13.2 Å². The molecule has 114 valence electrons. The Hall–Kier alpha value is -0.650. The van der Waals surface area contributed by atoms with Gasteiger partial charge in [0.05, 0.1) is 13.2 Å². The van der Waals surface area contributed by atoms with Gasteiger partial charge in [-0.2, -0.15) is 0 Å². The Morgan fingerprint density at radius 1 is 0.895 bits per heavy atom. The third-order valence-corrected chi connectivity index (χ3v) is 3.20. The molecule has 0 rings (SSSR count). The number of aliphatic hydroxyl groups is 1. The monoisotopic (exact) mass is 274 g/mol. The summed E-state index contributed by atoms with van der Waals surface area (Å²) in [4.78, 5) is 12.4. The highest BCUT2D eigenvalue weighted by Gasteiger charge is 2.07. The molecule has 4 N–H and O–H groups in total. The maximum Gasteiger partial charge on any atom is 0.317 e. The molecule has 0 heterocycles. The van der Waals surface area contributed by atoms with Crippen molar-refractivity contribution in [2.45, 2.75) is 51.4 Å². The molecule has 0 aliphatic carbocycles. The zero-order valence-electron chi connectivity index (χ0n) is 12.0. The van der Waals surface area contributed by atoms with E-state index in [0.29, 0.717) is 6.54 Å². The Balaban J connectivity index is 3.36. The van der Waals surface area contributed by atoms with Crippen LogP contribution in [0.2, 0.25) is 0 Å². The normalized spacial score (nSPS) is 11.1. The predicted molar refractivity (Wildman–Crippen MR) is 77.2 cm³/mol. The standard InChI is InChI=1S/C14H30N2O3/c15-9-7-5-3-1-2-4-6-8-10-16(11-12-17)13-14(18)19/h17H,1-13,15H2,(H,18,19). The van der Waals surface area contributed by atoms with Crippen molar-refractivity contribution in [2.24, 2.45) is 5.73 Å². The molecule has 0 aliphatic rings. The van der Waals surface area contributed by atoms with Gasteiger partial charge in [-0.15, -0.1) is 0 Å². The molecule has 0 aromatic rings. The molecule has 5 nitrogen and oxygen atoms in total. The van der Waals surface area contributed by atoms with Crippen LogP contribution < -0.4 is 5.73 Å². The largest absolute Gasteiger partial charge is 0.480 e. The number of carboxylic acid groups (broad SMARTS) is 1. The van der Waals surface area contributed by atoms with Crippen LogP contribution in [0.4, 0.5) is 0 Å². The van der Waals surface area contributed by atoms with Crippen LogP contribution in [-0.2, 0) is 4.79 Å². The first-order valence-corrected chi connectivity index (χ1v) is 7.45. The first-order chi connectivity index (χ1) is 9.20. The number of aliphatic hydroxyl groups excluding tert-OH is 1. The zero-order chi connectivity index (χ0) is 14.3. The molecule has 19 heavy (non-hydrogen) atoms. The molecule has 0 spiro atoms. The van der Waals surface area contributed by atoms with Gasteiger partial charge in [-0.25, -0.2) is 0 Å². The number of nitrogens with two attached hydrogens (primary N) is 1. The van der Waals surface area contributed by atoms with E-state index >= 15 is 0 Å². The van der Waals surface area contributed by atoms with E-state index < -0.39 is 5.97 Å². The molecule has 0 fully saturated rings. The van der Waals surface area contributed by atoms with Crippen molar-refractivity contribution in [3.8, 4) is 0 Å². The topological polar surface area (TPSA) is 86.8 Å². The number of nitrogens with zero attached hydrogens (tertiary/aromatic N) is 1. The van der Waals surface area contributed by atoms with Crippen LogP contribution in [0.25, 0.3) is 0 Å². The van der Waals surface area contributed by atoms with E-state index in [9.17, 15) is 4.79 Å². The molecule has 0 atom stereocenters. The lowest BCUT2D eigenvalue weighted by Gasteiger charge is -2.18. The average Bonchev–Trinajstić information content (AvgIpc) is 2.36. The van der Waals surface area contributed by atoms with E-state index in [1.807, 2.05) is 0 Å². The lowest BCUT2D eigenvalue weighted by Crippen LogP contribution is -2.33. The van der Waals surface area contributed by atoms with Crippen molar-refractivity contribution in [1.29, 1.82) is 0 Å². The smallest absolute Gasteiger partial charge is 0.317 e. The average molecular weight is 274 g/mol. The molecule has 0 aromatic heterocycles. The maximum atomic E-state index is 10.6. The van der Waals surface area contributed by atoms with Crippen molar-refractivity contribution >= 4 is 5.97 Å². The van der Waals surface area contributed by atoms with Crippen LogP contribution in [0.15, 0.2) is 0 Å². The third-order valence-electron chi connectivity index (χ3n) is 3.20. The Labute approximate surface area is 116 Å². The summed E-state index contributed by atoms with van der Waals surface area (Å²) in [5.41, 5.74) is 5.43. The van der Waals surface area contributed by atoms with E-state index in [1.54, 1.807) is 4.90 Å². The molecule has 0 saturated carbocycles. The van der Waals surface area contributed by atoms with Crippen LogP contribution in [0, 0.1) is 0 Å². The fraction of sp³-hybridized carbons (Fsp3) is 0.929. The van der Waals surface area contributed by atoms with Crippen LogP contribution >= 0.6 is 0 Å². The second kappa shape index (κ2) is 13.8. The summed E-state index contributed by atoms with van der Waals surface area (Å²) < 4.78 is 0. The number of carbonyl (C=O) groups is 1. The highest BCUT2D eigenvalue weighted by atomic mass is 16.4. The van der Waals surface area contributed by atoms with Crippen molar-refractivity contribution in [3.63, 3.8) is 0 Å². The van der Waals surface area contributed by atoms with Crippen molar-refractivity contribution < 1.29 is 15.0 Å². The minimum atomic E-state index is -0.826. The van der Waals surface area contributed by atoms with Gasteiger partial charge in [-0.3, -0.25) is 9.69 Å². The van der Waals surface area contributed by atoms with Gasteiger partial charge in [-0.05, 0) is 25.9 Å². The number of unbranched alkanes of at least 4 members (excludes halogenated alkanes) is 7. The summed E-state index contributed by atoms with van der Waals surface area (Å²) in [5.74, 6) is -0.826. The van der Waals surface area contributed by atoms with Gasteiger partial charge in [0.15, 0.2) is 0 Å². The molecule has 0 bridgehead atoms. The Morgan fingerprint density at radius 3 is 1.89 bits per heavy atom. The highest BCUT2D eigenvalue weighted by Crippen LogP contribution is 2.08. The summed E-state index contributed by atoms with van der Waals surface area (Å²) in [7, 11) is 0. The van der Waals surface area contributed by atoms with Crippen molar-refractivity contribution in [1.82, 2.24) is 4.90 Å². The van der Waals surface area contributed by atoms with Crippen molar-refractivity contribution in [2.75, 3.05) is 32.8 Å². The predicted octanol–water partition coefficient (Wildman–Crippen LogP) is 1.44. The summed E-state index contributed by atoms with van der Waals surface area (Å²) >= 11 is 0. The zero-order valence-corrected chi connectivity index (χ0v) is 12.0. The molecular weight excluding hydrogens is 244 g/mol. The van der Waals surface area contributed by atoms with Gasteiger partial charge >= 0.3 is 5.97 Å². The van der Waals surface area contributed by atoms with E-state index in [0.717, 1.165) is 32.4 Å². The van der Waals surface area contributed by atoms with E-state index in [1.165, 1.54) is 32.1 Å². The summed E-state index contributed by atoms with van der Waals surface area (Å²) in [6, 6.07) is 0. The van der Waals surface area contributed by atoms with Gasteiger partial charge < -0.3 is 15.9 Å². The lowest BCUT2D eigenvalue weighted by molar-refractivity contribution is -0.138. The van der Waals surface area contributed by atoms with Crippen LogP contribution in [0.3, 0.4) is 0 Å². The number of hydrogen-bond acceptors (Lipinski definition) is 4. The Kier molecular flexibility index (Phi) is 13.3. The number of hydrogen-bond donors (Lipinski definition) is 3. The quantitative estimate of drug-likeness (QED) is 0.417. The number of aliphatic carboxylic acids is 1. The third kappa shape index (κ3) is 13.6. The Morgan fingerprint density at radius 2 is 1.42 bits per heavy atom. The SMILES string of the molecule is NCCCCCCCCCCN(CCO)CC(=O)O.